The fourth-order valence-corrected chi connectivity index (χ4v) is 0.926. The quantitative estimate of drug-likeness (QED) is 0.477. The average molecular weight is 217 g/mol. The van der Waals surface area contributed by atoms with Crippen LogP contribution in [-0.4, -0.2) is 44.2 Å². The number of nitrogens with one attached hydrogen (secondary N) is 2. The molecule has 1 atom stereocenters. The lowest BCUT2D eigenvalue weighted by atomic mass is 10.4. The van der Waals surface area contributed by atoms with Crippen LogP contribution in [0.15, 0.2) is 0 Å². The van der Waals surface area contributed by atoms with Gasteiger partial charge in [-0.3, -0.25) is 9.59 Å². The minimum absolute atomic E-state index is 0.0961. The van der Waals surface area contributed by atoms with E-state index in [0.717, 1.165) is 0 Å². The number of rotatable bonds is 6. The molecule has 2 amide bonds. The van der Waals surface area contributed by atoms with Gasteiger partial charge < -0.3 is 21.1 Å². The molecule has 0 fully saturated rings. The van der Waals surface area contributed by atoms with Crippen LogP contribution < -0.4 is 16.4 Å². The van der Waals surface area contributed by atoms with Crippen LogP contribution in [0.5, 0.6) is 0 Å². The zero-order valence-electron chi connectivity index (χ0n) is 9.21. The van der Waals surface area contributed by atoms with E-state index in [1.807, 2.05) is 13.8 Å². The molecule has 0 aromatic heterocycles. The molecule has 0 bridgehead atoms. The second-order valence-electron chi connectivity index (χ2n) is 3.02. The number of hydrogen-bond donors (Lipinski definition) is 3. The maximum Gasteiger partial charge on any atom is 0.309 e. The van der Waals surface area contributed by atoms with Crippen molar-refractivity contribution in [1.82, 2.24) is 10.6 Å². The molecule has 0 spiro atoms. The van der Waals surface area contributed by atoms with Gasteiger partial charge in [-0.15, -0.1) is 0 Å². The minimum atomic E-state index is -0.663. The highest BCUT2D eigenvalue weighted by atomic mass is 16.5. The Hall–Kier alpha value is -1.14. The Labute approximate surface area is 89.5 Å². The highest BCUT2D eigenvalue weighted by molar-refractivity contribution is 6.35. The second-order valence-corrected chi connectivity index (χ2v) is 3.02. The molecule has 0 aliphatic heterocycles. The largest absolute Gasteiger partial charge is 0.377 e. The lowest BCUT2D eigenvalue weighted by molar-refractivity contribution is -0.139. The van der Waals surface area contributed by atoms with Crippen LogP contribution in [-0.2, 0) is 14.3 Å². The van der Waals surface area contributed by atoms with Gasteiger partial charge in [-0.1, -0.05) is 0 Å². The van der Waals surface area contributed by atoms with Crippen molar-refractivity contribution < 1.29 is 14.3 Å². The normalized spacial score (nSPS) is 11.9. The highest BCUT2D eigenvalue weighted by Crippen LogP contribution is 1.86. The molecule has 0 saturated carbocycles. The van der Waals surface area contributed by atoms with Crippen molar-refractivity contribution in [2.45, 2.75) is 20.0 Å². The van der Waals surface area contributed by atoms with E-state index in [9.17, 15) is 9.59 Å². The molecule has 0 heterocycles. The van der Waals surface area contributed by atoms with Crippen molar-refractivity contribution >= 4 is 11.8 Å². The lowest BCUT2D eigenvalue weighted by Gasteiger charge is -2.12. The van der Waals surface area contributed by atoms with Crippen molar-refractivity contribution in [2.24, 2.45) is 5.73 Å². The molecule has 0 aliphatic carbocycles. The molecule has 0 aromatic carbocycles. The van der Waals surface area contributed by atoms with Crippen LogP contribution in [0.3, 0.4) is 0 Å². The second kappa shape index (κ2) is 8.19. The maximum absolute atomic E-state index is 11.1. The van der Waals surface area contributed by atoms with E-state index in [4.69, 9.17) is 10.5 Å². The predicted molar refractivity (Wildman–Crippen MR) is 56.2 cm³/mol. The van der Waals surface area contributed by atoms with Crippen molar-refractivity contribution in [3.8, 4) is 0 Å². The van der Waals surface area contributed by atoms with Crippen LogP contribution in [0.4, 0.5) is 0 Å². The fraction of sp³-hybridized carbons (Fsp3) is 0.778. The van der Waals surface area contributed by atoms with Crippen molar-refractivity contribution in [3.63, 3.8) is 0 Å². The van der Waals surface area contributed by atoms with Crippen LogP contribution in [0.1, 0.15) is 13.8 Å². The van der Waals surface area contributed by atoms with Crippen molar-refractivity contribution in [3.05, 3.63) is 0 Å². The molecular formula is C9H19N3O3. The fourth-order valence-electron chi connectivity index (χ4n) is 0.926. The summed E-state index contributed by atoms with van der Waals surface area (Å²) in [5.74, 6) is -1.32. The molecule has 4 N–H and O–H groups in total. The molecule has 0 rings (SSSR count). The van der Waals surface area contributed by atoms with Gasteiger partial charge >= 0.3 is 11.8 Å². The Balaban J connectivity index is 3.68. The SMILES string of the molecule is CCOC(C)CNC(=O)C(=O)NCCN. The van der Waals surface area contributed by atoms with E-state index < -0.39 is 11.8 Å². The third kappa shape index (κ3) is 6.87. The van der Waals surface area contributed by atoms with Gasteiger partial charge in [-0.05, 0) is 13.8 Å². The molecule has 88 valence electrons. The number of hydrogen-bond acceptors (Lipinski definition) is 4. The summed E-state index contributed by atoms with van der Waals surface area (Å²) in [5.41, 5.74) is 5.17. The smallest absolute Gasteiger partial charge is 0.309 e. The van der Waals surface area contributed by atoms with Crippen LogP contribution in [0.2, 0.25) is 0 Å². The molecule has 0 saturated heterocycles. The van der Waals surface area contributed by atoms with E-state index in [1.54, 1.807) is 0 Å². The summed E-state index contributed by atoms with van der Waals surface area (Å²) in [4.78, 5) is 22.2. The summed E-state index contributed by atoms with van der Waals surface area (Å²) in [7, 11) is 0. The molecule has 0 aliphatic rings. The number of amides is 2. The summed E-state index contributed by atoms with van der Waals surface area (Å²) >= 11 is 0. The zero-order chi connectivity index (χ0) is 11.7. The van der Waals surface area contributed by atoms with Gasteiger partial charge in [0, 0.05) is 26.2 Å². The molecule has 1 unspecified atom stereocenters. The Morgan fingerprint density at radius 3 is 2.47 bits per heavy atom. The van der Waals surface area contributed by atoms with Gasteiger partial charge in [0.25, 0.3) is 0 Å². The molecule has 6 nitrogen and oxygen atoms in total. The summed E-state index contributed by atoms with van der Waals surface area (Å²) in [6.07, 6.45) is -0.0961. The van der Waals surface area contributed by atoms with E-state index >= 15 is 0 Å². The third-order valence-electron chi connectivity index (χ3n) is 1.64. The summed E-state index contributed by atoms with van der Waals surface area (Å²) in [5, 5.41) is 4.83. The first-order valence-corrected chi connectivity index (χ1v) is 4.99. The Morgan fingerprint density at radius 1 is 1.33 bits per heavy atom. The van der Waals surface area contributed by atoms with Gasteiger partial charge in [0.2, 0.25) is 0 Å². The lowest BCUT2D eigenvalue weighted by Crippen LogP contribution is -2.43. The number of carbonyl (C=O) groups excluding carboxylic acids is 2. The first-order chi connectivity index (χ1) is 7.11. The van der Waals surface area contributed by atoms with E-state index in [1.165, 1.54) is 0 Å². The summed E-state index contributed by atoms with van der Waals surface area (Å²) in [6.45, 7) is 5.20. The summed E-state index contributed by atoms with van der Waals surface area (Å²) in [6, 6.07) is 0. The Morgan fingerprint density at radius 2 is 1.93 bits per heavy atom. The van der Waals surface area contributed by atoms with E-state index in [-0.39, 0.29) is 6.10 Å². The van der Waals surface area contributed by atoms with Gasteiger partial charge in [0.05, 0.1) is 6.10 Å². The van der Waals surface area contributed by atoms with Crippen LogP contribution >= 0.6 is 0 Å². The molecule has 6 heteroatoms. The molecular weight excluding hydrogens is 198 g/mol. The van der Waals surface area contributed by atoms with Gasteiger partial charge in [-0.2, -0.15) is 0 Å². The topological polar surface area (TPSA) is 93.4 Å². The maximum atomic E-state index is 11.1. The average Bonchev–Trinajstić information content (AvgIpc) is 2.22. The summed E-state index contributed by atoms with van der Waals surface area (Å²) < 4.78 is 5.19. The van der Waals surface area contributed by atoms with E-state index in [2.05, 4.69) is 10.6 Å². The molecule has 15 heavy (non-hydrogen) atoms. The minimum Gasteiger partial charge on any atom is -0.377 e. The van der Waals surface area contributed by atoms with Crippen LogP contribution in [0.25, 0.3) is 0 Å². The van der Waals surface area contributed by atoms with Gasteiger partial charge in [-0.25, -0.2) is 0 Å². The standard InChI is InChI=1S/C9H19N3O3/c1-3-15-7(2)6-12-9(14)8(13)11-5-4-10/h7H,3-6,10H2,1-2H3,(H,11,13)(H,12,14). The van der Waals surface area contributed by atoms with Gasteiger partial charge in [0.1, 0.15) is 0 Å². The monoisotopic (exact) mass is 217 g/mol. The first kappa shape index (κ1) is 13.9. The van der Waals surface area contributed by atoms with E-state index in [0.29, 0.717) is 26.2 Å². The Bertz CT molecular complexity index is 209. The van der Waals surface area contributed by atoms with Crippen LogP contribution in [0, 0.1) is 0 Å². The molecule has 0 aromatic rings. The highest BCUT2D eigenvalue weighted by Gasteiger charge is 2.12. The first-order valence-electron chi connectivity index (χ1n) is 4.99. The third-order valence-corrected chi connectivity index (χ3v) is 1.64. The van der Waals surface area contributed by atoms with Crippen molar-refractivity contribution in [2.75, 3.05) is 26.2 Å². The zero-order valence-corrected chi connectivity index (χ0v) is 9.21. The Kier molecular flexibility index (Phi) is 7.57. The number of ether oxygens (including phenoxy) is 1. The van der Waals surface area contributed by atoms with Crippen molar-refractivity contribution in [1.29, 1.82) is 0 Å². The molecule has 0 radical (unpaired) electrons. The number of nitrogens with two attached hydrogens (primary N) is 1. The predicted octanol–water partition coefficient (Wildman–Crippen LogP) is -1.40. The number of carbonyl (C=O) groups is 2. The van der Waals surface area contributed by atoms with Gasteiger partial charge in [0.15, 0.2) is 0 Å².